The number of halogens is 2. The van der Waals surface area contributed by atoms with Gasteiger partial charge in [0.15, 0.2) is 0 Å². The summed E-state index contributed by atoms with van der Waals surface area (Å²) in [7, 11) is 0. The lowest BCUT2D eigenvalue weighted by Crippen LogP contribution is -1.92. The highest BCUT2D eigenvalue weighted by Crippen LogP contribution is 2.31. The second kappa shape index (κ2) is 5.24. The van der Waals surface area contributed by atoms with Gasteiger partial charge in [0.2, 0.25) is 0 Å². The van der Waals surface area contributed by atoms with Crippen molar-refractivity contribution >= 4 is 34.0 Å². The van der Waals surface area contributed by atoms with Crippen molar-refractivity contribution in [2.24, 2.45) is 0 Å². The van der Waals surface area contributed by atoms with Crippen LogP contribution in [0, 0.1) is 0 Å². The molecule has 0 aliphatic carbocycles. The second-order valence-corrected chi connectivity index (χ2v) is 5.39. The topological polar surface area (TPSA) is 0 Å². The largest absolute Gasteiger partial charge is 0.113 e. The standard InChI is InChI=1S/C17H12Cl2/c18-16-9-7-13(8-10-16)17(19)15-6-5-12-3-1-2-4-14(12)11-15/h1-11,17H. The quantitative estimate of drug-likeness (QED) is 0.521. The molecule has 0 aromatic heterocycles. The molecular formula is C17H12Cl2. The summed E-state index contributed by atoms with van der Waals surface area (Å²) in [6.45, 7) is 0. The first-order valence-corrected chi connectivity index (χ1v) is 6.94. The summed E-state index contributed by atoms with van der Waals surface area (Å²) >= 11 is 12.4. The summed E-state index contributed by atoms with van der Waals surface area (Å²) < 4.78 is 0. The first-order chi connectivity index (χ1) is 9.24. The van der Waals surface area contributed by atoms with E-state index in [1.807, 2.05) is 36.4 Å². The van der Waals surface area contributed by atoms with E-state index in [0.717, 1.165) is 16.1 Å². The second-order valence-electron chi connectivity index (χ2n) is 4.52. The van der Waals surface area contributed by atoms with Crippen molar-refractivity contribution in [1.82, 2.24) is 0 Å². The smallest absolute Gasteiger partial charge is 0.0835 e. The Kier molecular flexibility index (Phi) is 3.46. The molecule has 0 heterocycles. The molecule has 0 fully saturated rings. The zero-order chi connectivity index (χ0) is 13.2. The van der Waals surface area contributed by atoms with Crippen molar-refractivity contribution in [1.29, 1.82) is 0 Å². The highest BCUT2D eigenvalue weighted by molar-refractivity contribution is 6.30. The van der Waals surface area contributed by atoms with Gasteiger partial charge >= 0.3 is 0 Å². The third-order valence-corrected chi connectivity index (χ3v) is 3.98. The van der Waals surface area contributed by atoms with Crippen molar-refractivity contribution in [3.05, 3.63) is 82.9 Å². The molecule has 0 saturated carbocycles. The summed E-state index contributed by atoms with van der Waals surface area (Å²) in [4.78, 5) is 0. The lowest BCUT2D eigenvalue weighted by Gasteiger charge is -2.11. The summed E-state index contributed by atoms with van der Waals surface area (Å²) in [6.07, 6.45) is 0. The van der Waals surface area contributed by atoms with E-state index in [9.17, 15) is 0 Å². The van der Waals surface area contributed by atoms with Crippen molar-refractivity contribution in [2.75, 3.05) is 0 Å². The fourth-order valence-corrected chi connectivity index (χ4v) is 2.60. The van der Waals surface area contributed by atoms with Gasteiger partial charge in [-0.1, -0.05) is 60.1 Å². The Morgan fingerprint density at radius 2 is 1.32 bits per heavy atom. The van der Waals surface area contributed by atoms with Crippen molar-refractivity contribution in [3.63, 3.8) is 0 Å². The fourth-order valence-electron chi connectivity index (χ4n) is 2.19. The Hall–Kier alpha value is -1.50. The van der Waals surface area contributed by atoms with Gasteiger partial charge in [-0.2, -0.15) is 0 Å². The van der Waals surface area contributed by atoms with Gasteiger partial charge in [0.05, 0.1) is 5.38 Å². The maximum atomic E-state index is 6.54. The number of fused-ring (bicyclic) bond motifs is 1. The van der Waals surface area contributed by atoms with E-state index in [4.69, 9.17) is 23.2 Å². The summed E-state index contributed by atoms with van der Waals surface area (Å²) in [6, 6.07) is 22.3. The summed E-state index contributed by atoms with van der Waals surface area (Å²) in [5, 5.41) is 3.01. The Morgan fingerprint density at radius 1 is 0.684 bits per heavy atom. The van der Waals surface area contributed by atoms with Crippen molar-refractivity contribution in [3.8, 4) is 0 Å². The molecule has 3 aromatic carbocycles. The molecule has 3 aromatic rings. The predicted molar refractivity (Wildman–Crippen MR) is 83.1 cm³/mol. The van der Waals surface area contributed by atoms with Crippen LogP contribution in [0.5, 0.6) is 0 Å². The van der Waals surface area contributed by atoms with Crippen LogP contribution >= 0.6 is 23.2 Å². The molecule has 1 atom stereocenters. The summed E-state index contributed by atoms with van der Waals surface area (Å²) in [5.74, 6) is 0. The van der Waals surface area contributed by atoms with E-state index in [2.05, 4.69) is 30.3 Å². The van der Waals surface area contributed by atoms with E-state index < -0.39 is 0 Å². The number of hydrogen-bond acceptors (Lipinski definition) is 0. The van der Waals surface area contributed by atoms with Gasteiger partial charge in [0.25, 0.3) is 0 Å². The molecule has 0 spiro atoms. The Bertz CT molecular complexity index is 702. The van der Waals surface area contributed by atoms with E-state index in [1.165, 1.54) is 10.8 Å². The molecule has 1 unspecified atom stereocenters. The highest BCUT2D eigenvalue weighted by Gasteiger charge is 2.10. The minimum Gasteiger partial charge on any atom is -0.113 e. The van der Waals surface area contributed by atoms with E-state index in [0.29, 0.717) is 0 Å². The van der Waals surface area contributed by atoms with Gasteiger partial charge < -0.3 is 0 Å². The number of alkyl halides is 1. The molecule has 19 heavy (non-hydrogen) atoms. The minimum absolute atomic E-state index is 0.151. The molecule has 94 valence electrons. The number of benzene rings is 3. The van der Waals surface area contributed by atoms with Gasteiger partial charge in [-0.25, -0.2) is 0 Å². The predicted octanol–water partition coefficient (Wildman–Crippen LogP) is 5.82. The van der Waals surface area contributed by atoms with Crippen LogP contribution < -0.4 is 0 Å². The number of rotatable bonds is 2. The average Bonchev–Trinajstić information content (AvgIpc) is 2.47. The molecular weight excluding hydrogens is 275 g/mol. The van der Waals surface area contributed by atoms with Crippen molar-refractivity contribution in [2.45, 2.75) is 5.38 Å². The molecule has 0 aliphatic rings. The molecule has 0 N–H and O–H groups in total. The van der Waals surface area contributed by atoms with Gasteiger partial charge in [0.1, 0.15) is 0 Å². The molecule has 0 aliphatic heterocycles. The van der Waals surface area contributed by atoms with Crippen LogP contribution in [0.25, 0.3) is 10.8 Å². The maximum Gasteiger partial charge on any atom is 0.0835 e. The van der Waals surface area contributed by atoms with Gasteiger partial charge in [-0.3, -0.25) is 0 Å². The SMILES string of the molecule is Clc1ccc(C(Cl)c2ccc3ccccc3c2)cc1. The highest BCUT2D eigenvalue weighted by atomic mass is 35.5. The van der Waals surface area contributed by atoms with E-state index in [-0.39, 0.29) is 5.38 Å². The fraction of sp³-hybridized carbons (Fsp3) is 0.0588. The Labute approximate surface area is 122 Å². The first-order valence-electron chi connectivity index (χ1n) is 6.12. The number of hydrogen-bond donors (Lipinski definition) is 0. The van der Waals surface area contributed by atoms with Crippen LogP contribution in [-0.4, -0.2) is 0 Å². The van der Waals surface area contributed by atoms with Gasteiger partial charge in [-0.05, 0) is 40.1 Å². The minimum atomic E-state index is -0.151. The van der Waals surface area contributed by atoms with Gasteiger partial charge in [-0.15, -0.1) is 11.6 Å². The third kappa shape index (κ3) is 2.60. The van der Waals surface area contributed by atoms with Crippen LogP contribution in [0.2, 0.25) is 5.02 Å². The molecule has 0 nitrogen and oxygen atoms in total. The van der Waals surface area contributed by atoms with Crippen LogP contribution in [0.15, 0.2) is 66.7 Å². The third-order valence-electron chi connectivity index (χ3n) is 3.23. The lowest BCUT2D eigenvalue weighted by atomic mass is 10.0. The van der Waals surface area contributed by atoms with Gasteiger partial charge in [0, 0.05) is 5.02 Å². The summed E-state index contributed by atoms with van der Waals surface area (Å²) in [5.41, 5.74) is 2.16. The van der Waals surface area contributed by atoms with E-state index >= 15 is 0 Å². The Morgan fingerprint density at radius 3 is 2.05 bits per heavy atom. The zero-order valence-corrected chi connectivity index (χ0v) is 11.7. The molecule has 0 amide bonds. The van der Waals surface area contributed by atoms with Crippen LogP contribution in [0.1, 0.15) is 16.5 Å². The normalized spacial score (nSPS) is 12.5. The molecule has 0 saturated heterocycles. The first kappa shape index (κ1) is 12.5. The lowest BCUT2D eigenvalue weighted by molar-refractivity contribution is 1.15. The maximum absolute atomic E-state index is 6.54. The Balaban J connectivity index is 2.01. The van der Waals surface area contributed by atoms with Crippen molar-refractivity contribution < 1.29 is 0 Å². The van der Waals surface area contributed by atoms with Crippen LogP contribution in [0.4, 0.5) is 0 Å². The van der Waals surface area contributed by atoms with E-state index in [1.54, 1.807) is 0 Å². The molecule has 3 rings (SSSR count). The van der Waals surface area contributed by atoms with Crippen LogP contribution in [0.3, 0.4) is 0 Å². The molecule has 0 bridgehead atoms. The van der Waals surface area contributed by atoms with Crippen LogP contribution in [-0.2, 0) is 0 Å². The molecule has 2 heteroatoms. The molecule has 0 radical (unpaired) electrons. The zero-order valence-electron chi connectivity index (χ0n) is 10.2. The monoisotopic (exact) mass is 286 g/mol. The average molecular weight is 287 g/mol.